The summed E-state index contributed by atoms with van der Waals surface area (Å²) in [5.41, 5.74) is 1.56. The largest absolute Gasteiger partial charge is 1.00 e. The van der Waals surface area contributed by atoms with Crippen molar-refractivity contribution in [2.45, 2.75) is 0 Å². The molecule has 0 saturated heterocycles. The number of nitrogens with one attached hydrogen (secondary N) is 1. The van der Waals surface area contributed by atoms with Crippen LogP contribution in [0.15, 0.2) is 60.8 Å². The summed E-state index contributed by atoms with van der Waals surface area (Å²) in [7, 11) is 0. The van der Waals surface area contributed by atoms with Gasteiger partial charge in [0.05, 0.1) is 0 Å². The number of pyridine rings is 1. The molecule has 82 valence electrons. The Morgan fingerprint density at radius 3 is 2.28 bits per heavy atom. The van der Waals surface area contributed by atoms with E-state index in [4.69, 9.17) is 0 Å². The summed E-state index contributed by atoms with van der Waals surface area (Å²) < 4.78 is 0. The Kier molecular flexibility index (Phi) is 3.71. The van der Waals surface area contributed by atoms with Crippen LogP contribution in [0.4, 0.5) is 0 Å². The zero-order valence-electron chi connectivity index (χ0n) is 10.2. The van der Waals surface area contributed by atoms with Gasteiger partial charge in [-0.25, -0.2) is 4.98 Å². The van der Waals surface area contributed by atoms with Crippen LogP contribution in [0.5, 0.6) is 5.75 Å². The monoisotopic (exact) mass is 228 g/mol. The van der Waals surface area contributed by atoms with Crippen molar-refractivity contribution in [1.82, 2.24) is 0 Å². The molecule has 3 heteroatoms. The molecule has 0 aliphatic carbocycles. The summed E-state index contributed by atoms with van der Waals surface area (Å²) in [6.45, 7) is 0. The van der Waals surface area contributed by atoms with Crippen molar-refractivity contribution in [2.75, 3.05) is 0 Å². The van der Waals surface area contributed by atoms with Gasteiger partial charge in [0.1, 0.15) is 0 Å². The van der Waals surface area contributed by atoms with Gasteiger partial charge in [0.15, 0.2) is 6.20 Å². The molecule has 0 aliphatic rings. The third-order valence-corrected chi connectivity index (χ3v) is 2.86. The van der Waals surface area contributed by atoms with Crippen LogP contribution in [-0.2, 0) is 0 Å². The van der Waals surface area contributed by atoms with Gasteiger partial charge in [-0.3, -0.25) is 0 Å². The predicted octanol–water partition coefficient (Wildman–Crippen LogP) is -0.602. The maximum absolute atomic E-state index is 11.7. The van der Waals surface area contributed by atoms with Crippen molar-refractivity contribution < 1.29 is 29.0 Å². The van der Waals surface area contributed by atoms with Crippen molar-refractivity contribution in [1.29, 1.82) is 0 Å². The van der Waals surface area contributed by atoms with Gasteiger partial charge in [-0.1, -0.05) is 42.1 Å². The molecule has 0 fully saturated rings. The Labute approximate surface area is 117 Å². The van der Waals surface area contributed by atoms with Gasteiger partial charge in [-0.05, 0) is 17.5 Å². The molecule has 0 amide bonds. The molecule has 2 aromatic carbocycles. The van der Waals surface area contributed by atoms with E-state index in [0.717, 1.165) is 16.5 Å². The van der Waals surface area contributed by atoms with E-state index in [0.29, 0.717) is 5.56 Å². The third kappa shape index (κ3) is 2.26. The standard InChI is InChI=1S/C15H11NO.Li/c17-15-8-4-3-7-13(15)14-9-11-5-1-2-6-12(11)10-16-14;/h1-10,17H;/q;+1. The summed E-state index contributed by atoms with van der Waals surface area (Å²) in [5, 5.41) is 14.0. The predicted molar refractivity (Wildman–Crippen MR) is 65.4 cm³/mol. The van der Waals surface area contributed by atoms with Gasteiger partial charge in [-0.15, -0.1) is 0 Å². The van der Waals surface area contributed by atoms with E-state index in [9.17, 15) is 5.11 Å². The van der Waals surface area contributed by atoms with Crippen molar-refractivity contribution in [3.8, 4) is 17.0 Å². The zero-order valence-corrected chi connectivity index (χ0v) is 10.2. The van der Waals surface area contributed by atoms with Crippen LogP contribution in [0, 0.1) is 0 Å². The first kappa shape index (κ1) is 12.7. The Hall–Kier alpha value is -1.75. The maximum atomic E-state index is 11.7. The van der Waals surface area contributed by atoms with Crippen molar-refractivity contribution in [3.05, 3.63) is 60.8 Å². The summed E-state index contributed by atoms with van der Waals surface area (Å²) in [6.07, 6.45) is 1.93. The van der Waals surface area contributed by atoms with E-state index in [1.54, 1.807) is 12.1 Å². The second kappa shape index (κ2) is 5.26. The topological polar surface area (TPSA) is 37.2 Å². The third-order valence-electron chi connectivity index (χ3n) is 2.86. The van der Waals surface area contributed by atoms with Gasteiger partial charge >= 0.3 is 18.9 Å². The Morgan fingerprint density at radius 2 is 1.50 bits per heavy atom. The molecule has 0 saturated carbocycles. The number of para-hydroxylation sites is 1. The van der Waals surface area contributed by atoms with E-state index < -0.39 is 0 Å². The number of aromatic nitrogens is 1. The molecule has 0 spiro atoms. The Balaban J connectivity index is 0.00000120. The molecule has 18 heavy (non-hydrogen) atoms. The fraction of sp³-hybridized carbons (Fsp3) is 0. The summed E-state index contributed by atoms with van der Waals surface area (Å²) in [5.74, 6) is 0.0408. The zero-order chi connectivity index (χ0) is 11.7. The number of H-pyrrole nitrogens is 1. The van der Waals surface area contributed by atoms with Crippen LogP contribution < -0.4 is 29.0 Å². The van der Waals surface area contributed by atoms with Crippen molar-refractivity contribution in [2.24, 2.45) is 0 Å². The molecule has 1 heterocycles. The SMILES string of the molecule is [Li+].[O-]c1ccccc1-c1cc2ccccc2c[nH+]1. The molecule has 0 unspecified atom stereocenters. The second-order valence-corrected chi connectivity index (χ2v) is 3.97. The Morgan fingerprint density at radius 1 is 0.833 bits per heavy atom. The smallest absolute Gasteiger partial charge is 0.872 e. The van der Waals surface area contributed by atoms with Gasteiger partial charge in [0, 0.05) is 17.0 Å². The molecule has 2 nitrogen and oxygen atoms in total. The van der Waals surface area contributed by atoms with Crippen molar-refractivity contribution >= 4 is 10.8 Å². The van der Waals surface area contributed by atoms with E-state index in [1.165, 1.54) is 0 Å². The molecule has 1 N–H and O–H groups in total. The average molecular weight is 228 g/mol. The van der Waals surface area contributed by atoms with Gasteiger partial charge in [0.2, 0.25) is 5.69 Å². The van der Waals surface area contributed by atoms with Gasteiger partial charge in [-0.2, -0.15) is 0 Å². The number of hydrogen-bond acceptors (Lipinski definition) is 1. The van der Waals surface area contributed by atoms with Crippen LogP contribution >= 0.6 is 0 Å². The van der Waals surface area contributed by atoms with Crippen LogP contribution in [0.25, 0.3) is 22.0 Å². The molecule has 0 bridgehead atoms. The first-order valence-corrected chi connectivity index (χ1v) is 5.51. The minimum Gasteiger partial charge on any atom is -0.872 e. The van der Waals surface area contributed by atoms with E-state index in [1.807, 2.05) is 48.7 Å². The number of rotatable bonds is 1. The number of aromatic amines is 1. The Bertz CT molecular complexity index is 682. The number of benzene rings is 2. The summed E-state index contributed by atoms with van der Waals surface area (Å²) in [6, 6.07) is 17.1. The maximum Gasteiger partial charge on any atom is 1.00 e. The molecule has 0 radical (unpaired) electrons. The molecular weight excluding hydrogens is 217 g/mol. The fourth-order valence-corrected chi connectivity index (χ4v) is 1.97. The first-order valence-electron chi connectivity index (χ1n) is 5.51. The van der Waals surface area contributed by atoms with Crippen LogP contribution in [0.2, 0.25) is 0 Å². The van der Waals surface area contributed by atoms with E-state index in [2.05, 4.69) is 4.98 Å². The van der Waals surface area contributed by atoms with Crippen molar-refractivity contribution in [3.63, 3.8) is 0 Å². The first-order chi connectivity index (χ1) is 8.34. The van der Waals surface area contributed by atoms with Crippen LogP contribution in [0.1, 0.15) is 0 Å². The molecule has 0 atom stereocenters. The molecule has 3 rings (SSSR count). The second-order valence-electron chi connectivity index (χ2n) is 3.97. The molecule has 1 aromatic heterocycles. The van der Waals surface area contributed by atoms with E-state index >= 15 is 0 Å². The number of fused-ring (bicyclic) bond motifs is 1. The minimum absolute atomic E-state index is 0. The molecule has 3 aromatic rings. The quantitative estimate of drug-likeness (QED) is 0.512. The summed E-state index contributed by atoms with van der Waals surface area (Å²) in [4.78, 5) is 3.17. The average Bonchev–Trinajstić information content (AvgIpc) is 2.39. The molecule has 0 aliphatic heterocycles. The van der Waals surface area contributed by atoms with Gasteiger partial charge < -0.3 is 5.11 Å². The van der Waals surface area contributed by atoms with Gasteiger partial charge in [0.25, 0.3) is 0 Å². The normalized spacial score (nSPS) is 10.0. The van der Waals surface area contributed by atoms with Crippen LogP contribution in [-0.4, -0.2) is 0 Å². The minimum atomic E-state index is 0. The summed E-state index contributed by atoms with van der Waals surface area (Å²) >= 11 is 0. The van der Waals surface area contributed by atoms with Crippen LogP contribution in [0.3, 0.4) is 0 Å². The fourth-order valence-electron chi connectivity index (χ4n) is 1.97. The number of hydrogen-bond donors (Lipinski definition) is 0. The van der Waals surface area contributed by atoms with E-state index in [-0.39, 0.29) is 24.6 Å². The molecular formula is C15H11LiNO+.